The summed E-state index contributed by atoms with van der Waals surface area (Å²) in [5, 5.41) is 3.08. The van der Waals surface area contributed by atoms with Crippen LogP contribution >= 0.6 is 15.9 Å². The Labute approximate surface area is 224 Å². The van der Waals surface area contributed by atoms with Gasteiger partial charge in [0.1, 0.15) is 6.04 Å². The van der Waals surface area contributed by atoms with Crippen LogP contribution in [0.4, 0.5) is 0 Å². The third kappa shape index (κ3) is 8.63. The van der Waals surface area contributed by atoms with Crippen LogP contribution in [0.2, 0.25) is 0 Å². The van der Waals surface area contributed by atoms with Gasteiger partial charge < -0.3 is 10.2 Å². The number of benzene rings is 3. The van der Waals surface area contributed by atoms with Crippen LogP contribution in [0.1, 0.15) is 55.4 Å². The number of rotatable bonds is 13. The van der Waals surface area contributed by atoms with Crippen LogP contribution in [-0.4, -0.2) is 29.3 Å². The van der Waals surface area contributed by atoms with Gasteiger partial charge in [0.2, 0.25) is 11.8 Å². The molecule has 0 radical (unpaired) electrons. The fourth-order valence-corrected chi connectivity index (χ4v) is 4.68. The van der Waals surface area contributed by atoms with Gasteiger partial charge in [0.25, 0.3) is 0 Å². The highest BCUT2D eigenvalue weighted by Crippen LogP contribution is 2.19. The fraction of sp³-hybridized carbons (Fsp3) is 0.355. The molecule has 3 aromatic carbocycles. The molecule has 0 aliphatic heterocycles. The lowest BCUT2D eigenvalue weighted by molar-refractivity contribution is -0.141. The SMILES string of the molecule is CCCCNC(=O)C(Cc1ccccc1)N(Cc1cccc(Br)c1)C(=O)CCc1ccc(CC)cc1. The summed E-state index contributed by atoms with van der Waals surface area (Å²) in [6, 6.07) is 25.8. The van der Waals surface area contributed by atoms with Crippen molar-refractivity contribution in [3.05, 3.63) is 106 Å². The summed E-state index contributed by atoms with van der Waals surface area (Å²) < 4.78 is 0.954. The second-order valence-corrected chi connectivity index (χ2v) is 10.1. The lowest BCUT2D eigenvalue weighted by Gasteiger charge is -2.32. The lowest BCUT2D eigenvalue weighted by Crippen LogP contribution is -2.50. The predicted octanol–water partition coefficient (Wildman–Crippen LogP) is 6.50. The van der Waals surface area contributed by atoms with Crippen LogP contribution in [0.15, 0.2) is 83.3 Å². The molecule has 1 unspecified atom stereocenters. The number of amides is 2. The molecule has 2 amide bonds. The number of unbranched alkanes of at least 4 members (excludes halogenated alkanes) is 1. The summed E-state index contributed by atoms with van der Waals surface area (Å²) in [6.45, 7) is 5.23. The number of nitrogens with one attached hydrogen (secondary N) is 1. The first-order valence-electron chi connectivity index (χ1n) is 12.9. The van der Waals surface area contributed by atoms with Gasteiger partial charge in [0.05, 0.1) is 0 Å². The molecule has 0 fully saturated rings. The summed E-state index contributed by atoms with van der Waals surface area (Å²) in [6.07, 6.45) is 4.39. The first-order chi connectivity index (χ1) is 17.5. The molecule has 0 bridgehead atoms. The van der Waals surface area contributed by atoms with Gasteiger partial charge in [0.15, 0.2) is 0 Å². The second-order valence-electron chi connectivity index (χ2n) is 9.17. The maximum absolute atomic E-state index is 13.7. The first-order valence-corrected chi connectivity index (χ1v) is 13.7. The average Bonchev–Trinajstić information content (AvgIpc) is 2.90. The highest BCUT2D eigenvalue weighted by atomic mass is 79.9. The minimum atomic E-state index is -0.585. The topological polar surface area (TPSA) is 49.4 Å². The zero-order valence-electron chi connectivity index (χ0n) is 21.4. The molecule has 36 heavy (non-hydrogen) atoms. The Morgan fingerprint density at radius 1 is 0.861 bits per heavy atom. The Morgan fingerprint density at radius 3 is 2.22 bits per heavy atom. The molecule has 0 heterocycles. The van der Waals surface area contributed by atoms with Crippen molar-refractivity contribution in [3.63, 3.8) is 0 Å². The molecule has 3 rings (SSSR count). The van der Waals surface area contributed by atoms with Crippen LogP contribution in [0.3, 0.4) is 0 Å². The van der Waals surface area contributed by atoms with E-state index in [1.807, 2.05) is 54.6 Å². The van der Waals surface area contributed by atoms with Crippen molar-refractivity contribution in [1.29, 1.82) is 0 Å². The smallest absolute Gasteiger partial charge is 0.243 e. The molecule has 5 heteroatoms. The number of aryl methyl sites for hydroxylation is 2. The van der Waals surface area contributed by atoms with Gasteiger partial charge in [-0.05, 0) is 53.6 Å². The number of nitrogens with zero attached hydrogens (tertiary/aromatic N) is 1. The van der Waals surface area contributed by atoms with Crippen LogP contribution in [0.5, 0.6) is 0 Å². The van der Waals surface area contributed by atoms with Crippen molar-refractivity contribution >= 4 is 27.7 Å². The maximum atomic E-state index is 13.7. The minimum absolute atomic E-state index is 0.0129. The van der Waals surface area contributed by atoms with Crippen molar-refractivity contribution in [3.8, 4) is 0 Å². The van der Waals surface area contributed by atoms with E-state index >= 15 is 0 Å². The van der Waals surface area contributed by atoms with Crippen molar-refractivity contribution in [2.45, 2.75) is 65.0 Å². The predicted molar refractivity (Wildman–Crippen MR) is 151 cm³/mol. The van der Waals surface area contributed by atoms with Gasteiger partial charge in [0, 0.05) is 30.4 Å². The lowest BCUT2D eigenvalue weighted by atomic mass is 10.0. The Bertz CT molecular complexity index is 1100. The highest BCUT2D eigenvalue weighted by molar-refractivity contribution is 9.10. The van der Waals surface area contributed by atoms with E-state index in [-0.39, 0.29) is 11.8 Å². The molecular weight excluding hydrogens is 512 g/mol. The van der Waals surface area contributed by atoms with Crippen molar-refractivity contribution in [2.75, 3.05) is 6.54 Å². The quantitative estimate of drug-likeness (QED) is 0.248. The second kappa shape index (κ2) is 14.6. The average molecular weight is 550 g/mol. The number of carbonyl (C=O) groups is 2. The van der Waals surface area contributed by atoms with Gasteiger partial charge in [-0.15, -0.1) is 0 Å². The monoisotopic (exact) mass is 548 g/mol. The molecule has 4 nitrogen and oxygen atoms in total. The molecule has 0 spiro atoms. The van der Waals surface area contributed by atoms with E-state index < -0.39 is 6.04 Å². The van der Waals surface area contributed by atoms with Gasteiger partial charge in [-0.25, -0.2) is 0 Å². The largest absolute Gasteiger partial charge is 0.354 e. The first kappa shape index (κ1) is 27.7. The van der Waals surface area contributed by atoms with E-state index in [1.54, 1.807) is 4.90 Å². The zero-order chi connectivity index (χ0) is 25.8. The summed E-state index contributed by atoms with van der Waals surface area (Å²) in [5.41, 5.74) is 4.45. The Hall–Kier alpha value is -2.92. The maximum Gasteiger partial charge on any atom is 0.243 e. The number of hydrogen-bond donors (Lipinski definition) is 1. The third-order valence-corrected chi connectivity index (χ3v) is 6.89. The van der Waals surface area contributed by atoms with E-state index in [2.05, 4.69) is 59.4 Å². The van der Waals surface area contributed by atoms with Crippen LogP contribution in [-0.2, 0) is 35.4 Å². The van der Waals surface area contributed by atoms with E-state index in [1.165, 1.54) is 5.56 Å². The third-order valence-electron chi connectivity index (χ3n) is 6.40. The summed E-state index contributed by atoms with van der Waals surface area (Å²) in [5.74, 6) is -0.107. The molecular formula is C31H37BrN2O2. The van der Waals surface area contributed by atoms with Gasteiger partial charge >= 0.3 is 0 Å². The minimum Gasteiger partial charge on any atom is -0.354 e. The Balaban J connectivity index is 1.86. The number of halogens is 1. The van der Waals surface area contributed by atoms with Crippen LogP contribution in [0.25, 0.3) is 0 Å². The number of carbonyl (C=O) groups excluding carboxylic acids is 2. The van der Waals surface area contributed by atoms with E-state index in [9.17, 15) is 9.59 Å². The number of hydrogen-bond acceptors (Lipinski definition) is 2. The van der Waals surface area contributed by atoms with E-state index in [0.717, 1.165) is 40.4 Å². The molecule has 190 valence electrons. The van der Waals surface area contributed by atoms with Gasteiger partial charge in [-0.2, -0.15) is 0 Å². The van der Waals surface area contributed by atoms with Gasteiger partial charge in [-0.3, -0.25) is 9.59 Å². The summed E-state index contributed by atoms with van der Waals surface area (Å²) in [4.78, 5) is 29.0. The normalized spacial score (nSPS) is 11.6. The Morgan fingerprint density at radius 2 is 1.56 bits per heavy atom. The summed E-state index contributed by atoms with van der Waals surface area (Å²) in [7, 11) is 0. The van der Waals surface area contributed by atoms with E-state index in [4.69, 9.17) is 0 Å². The molecule has 0 saturated carbocycles. The van der Waals surface area contributed by atoms with Crippen molar-refractivity contribution in [1.82, 2.24) is 10.2 Å². The zero-order valence-corrected chi connectivity index (χ0v) is 23.0. The summed E-state index contributed by atoms with van der Waals surface area (Å²) >= 11 is 3.54. The molecule has 1 N–H and O–H groups in total. The highest BCUT2D eigenvalue weighted by Gasteiger charge is 2.30. The molecule has 0 aliphatic rings. The molecule has 3 aromatic rings. The fourth-order valence-electron chi connectivity index (χ4n) is 4.23. The van der Waals surface area contributed by atoms with Crippen molar-refractivity contribution < 1.29 is 9.59 Å². The van der Waals surface area contributed by atoms with Crippen molar-refractivity contribution in [2.24, 2.45) is 0 Å². The van der Waals surface area contributed by atoms with Crippen LogP contribution in [0, 0.1) is 0 Å². The van der Waals surface area contributed by atoms with Gasteiger partial charge in [-0.1, -0.05) is 103 Å². The molecule has 0 aromatic heterocycles. The van der Waals surface area contributed by atoms with Crippen LogP contribution < -0.4 is 5.32 Å². The molecule has 0 aliphatic carbocycles. The standard InChI is InChI=1S/C31H37BrN2O2/c1-3-5-20-33-31(36)29(22-26-10-7-6-8-11-26)34(23-27-12-9-13-28(32)21-27)30(35)19-18-25-16-14-24(4-2)15-17-25/h6-17,21,29H,3-5,18-20,22-23H2,1-2H3,(H,33,36). The Kier molecular flexibility index (Phi) is 11.2. The molecule has 1 atom stereocenters. The molecule has 0 saturated heterocycles. The van der Waals surface area contributed by atoms with E-state index in [0.29, 0.717) is 32.4 Å².